The van der Waals surface area contributed by atoms with Crippen molar-refractivity contribution in [1.29, 1.82) is 0 Å². The Morgan fingerprint density at radius 1 is 1.25 bits per heavy atom. The van der Waals surface area contributed by atoms with Gasteiger partial charge in [-0.15, -0.1) is 0 Å². The predicted octanol–water partition coefficient (Wildman–Crippen LogP) is 0.369. The van der Waals surface area contributed by atoms with E-state index in [1.165, 1.54) is 19.6 Å². The summed E-state index contributed by atoms with van der Waals surface area (Å²) in [4.78, 5) is 4.99. The van der Waals surface area contributed by atoms with Gasteiger partial charge in [0.15, 0.2) is 0 Å². The van der Waals surface area contributed by atoms with Gasteiger partial charge in [-0.2, -0.15) is 0 Å². The average molecular weight is 170 g/mol. The standard InChI is InChI=1S/C9H18N2O/c1-3-12-9-7-10-4-5-11(9)6-8(10)2/h8-9H,3-7H2,1-2H3. The third kappa shape index (κ3) is 1.37. The third-order valence-corrected chi connectivity index (χ3v) is 2.95. The first-order valence-electron chi connectivity index (χ1n) is 4.91. The van der Waals surface area contributed by atoms with Gasteiger partial charge >= 0.3 is 0 Å². The fourth-order valence-corrected chi connectivity index (χ4v) is 2.22. The highest BCUT2D eigenvalue weighted by molar-refractivity contribution is 4.88. The van der Waals surface area contributed by atoms with Gasteiger partial charge in [-0.25, -0.2) is 0 Å². The molecular formula is C9H18N2O. The smallest absolute Gasteiger partial charge is 0.123 e. The van der Waals surface area contributed by atoms with Gasteiger partial charge < -0.3 is 4.74 Å². The number of hydrogen-bond acceptors (Lipinski definition) is 3. The Morgan fingerprint density at radius 2 is 2.00 bits per heavy atom. The maximum Gasteiger partial charge on any atom is 0.123 e. The highest BCUT2D eigenvalue weighted by Crippen LogP contribution is 2.20. The van der Waals surface area contributed by atoms with Crippen LogP contribution in [0.1, 0.15) is 13.8 Å². The Morgan fingerprint density at radius 3 is 2.50 bits per heavy atom. The molecule has 0 aromatic heterocycles. The van der Waals surface area contributed by atoms with Crippen LogP contribution in [0.15, 0.2) is 0 Å². The van der Waals surface area contributed by atoms with Gasteiger partial charge in [-0.05, 0) is 13.8 Å². The first-order chi connectivity index (χ1) is 5.81. The van der Waals surface area contributed by atoms with Crippen LogP contribution in [-0.4, -0.2) is 54.9 Å². The molecule has 2 bridgehead atoms. The summed E-state index contributed by atoms with van der Waals surface area (Å²) in [6, 6.07) is 0.732. The highest BCUT2D eigenvalue weighted by atomic mass is 16.5. The number of fused-ring (bicyclic) bond motifs is 3. The van der Waals surface area contributed by atoms with Gasteiger partial charge in [0.05, 0.1) is 0 Å². The Bertz CT molecular complexity index is 161. The van der Waals surface area contributed by atoms with E-state index in [0.29, 0.717) is 6.23 Å². The Labute approximate surface area is 74.3 Å². The van der Waals surface area contributed by atoms with Crippen LogP contribution in [0, 0.1) is 0 Å². The predicted molar refractivity (Wildman–Crippen MR) is 48.0 cm³/mol. The van der Waals surface area contributed by atoms with Crippen LogP contribution in [-0.2, 0) is 4.74 Å². The van der Waals surface area contributed by atoms with Crippen LogP contribution in [0.4, 0.5) is 0 Å². The zero-order valence-corrected chi connectivity index (χ0v) is 7.99. The molecule has 0 aromatic carbocycles. The second-order valence-corrected chi connectivity index (χ2v) is 3.75. The largest absolute Gasteiger partial charge is 0.362 e. The molecule has 0 amide bonds. The minimum absolute atomic E-state index is 0.375. The van der Waals surface area contributed by atoms with E-state index in [1.54, 1.807) is 0 Å². The summed E-state index contributed by atoms with van der Waals surface area (Å²) in [5.41, 5.74) is 0. The lowest BCUT2D eigenvalue weighted by Gasteiger charge is -2.50. The van der Waals surface area contributed by atoms with Crippen molar-refractivity contribution in [2.45, 2.75) is 26.1 Å². The molecule has 4 unspecified atom stereocenters. The molecular weight excluding hydrogens is 152 g/mol. The van der Waals surface area contributed by atoms with E-state index in [-0.39, 0.29) is 0 Å². The minimum Gasteiger partial charge on any atom is -0.362 e. The lowest BCUT2D eigenvalue weighted by atomic mass is 10.1. The van der Waals surface area contributed by atoms with Crippen molar-refractivity contribution in [2.75, 3.05) is 32.8 Å². The highest BCUT2D eigenvalue weighted by Gasteiger charge is 2.36. The van der Waals surface area contributed by atoms with Crippen molar-refractivity contribution in [3.05, 3.63) is 0 Å². The molecule has 3 fully saturated rings. The Hall–Kier alpha value is -0.120. The van der Waals surface area contributed by atoms with Crippen LogP contribution in [0.25, 0.3) is 0 Å². The van der Waals surface area contributed by atoms with E-state index in [1.807, 2.05) is 0 Å². The fourth-order valence-electron chi connectivity index (χ4n) is 2.22. The average Bonchev–Trinajstić information content (AvgIpc) is 2.07. The normalized spacial score (nSPS) is 46.5. The van der Waals surface area contributed by atoms with Crippen LogP contribution in [0.5, 0.6) is 0 Å². The van der Waals surface area contributed by atoms with E-state index < -0.39 is 0 Å². The van der Waals surface area contributed by atoms with Crippen LogP contribution < -0.4 is 0 Å². The van der Waals surface area contributed by atoms with E-state index in [4.69, 9.17) is 4.74 Å². The number of rotatable bonds is 2. The van der Waals surface area contributed by atoms with E-state index in [2.05, 4.69) is 23.6 Å². The van der Waals surface area contributed by atoms with E-state index in [9.17, 15) is 0 Å². The van der Waals surface area contributed by atoms with Crippen LogP contribution in [0.2, 0.25) is 0 Å². The van der Waals surface area contributed by atoms with Crippen molar-refractivity contribution in [3.63, 3.8) is 0 Å². The molecule has 0 N–H and O–H groups in total. The molecule has 12 heavy (non-hydrogen) atoms. The summed E-state index contributed by atoms with van der Waals surface area (Å²) in [6.45, 7) is 9.92. The van der Waals surface area contributed by atoms with Crippen molar-refractivity contribution in [1.82, 2.24) is 9.80 Å². The molecule has 3 heterocycles. The summed E-state index contributed by atoms with van der Waals surface area (Å²) >= 11 is 0. The Balaban J connectivity index is 1.96. The summed E-state index contributed by atoms with van der Waals surface area (Å²) in [5.74, 6) is 0. The maximum absolute atomic E-state index is 5.65. The molecule has 0 aromatic rings. The molecule has 70 valence electrons. The topological polar surface area (TPSA) is 15.7 Å². The minimum atomic E-state index is 0.375. The lowest BCUT2D eigenvalue weighted by molar-refractivity contribution is -0.144. The molecule has 4 atom stereocenters. The third-order valence-electron chi connectivity index (χ3n) is 2.95. The summed E-state index contributed by atoms with van der Waals surface area (Å²) < 4.78 is 5.65. The molecule has 3 heteroatoms. The summed E-state index contributed by atoms with van der Waals surface area (Å²) in [7, 11) is 0. The first kappa shape index (κ1) is 8.48. The van der Waals surface area contributed by atoms with Crippen molar-refractivity contribution >= 4 is 0 Å². The van der Waals surface area contributed by atoms with Gasteiger partial charge in [0.2, 0.25) is 0 Å². The molecule has 0 radical (unpaired) electrons. The molecule has 0 saturated carbocycles. The molecule has 3 aliphatic rings. The monoisotopic (exact) mass is 170 g/mol. The summed E-state index contributed by atoms with van der Waals surface area (Å²) in [6.07, 6.45) is 0.375. The van der Waals surface area contributed by atoms with Gasteiger partial charge in [-0.3, -0.25) is 9.80 Å². The first-order valence-corrected chi connectivity index (χ1v) is 4.91. The second-order valence-electron chi connectivity index (χ2n) is 3.75. The fraction of sp³-hybridized carbons (Fsp3) is 1.00. The van der Waals surface area contributed by atoms with Crippen LogP contribution in [0.3, 0.4) is 0 Å². The van der Waals surface area contributed by atoms with Gasteiger partial charge in [0.1, 0.15) is 6.23 Å². The van der Waals surface area contributed by atoms with Crippen molar-refractivity contribution < 1.29 is 4.74 Å². The number of ether oxygens (including phenoxy) is 1. The molecule has 3 nitrogen and oxygen atoms in total. The number of piperazine rings is 3. The maximum atomic E-state index is 5.65. The molecule has 3 saturated heterocycles. The van der Waals surface area contributed by atoms with Gasteiger partial charge in [-0.1, -0.05) is 0 Å². The van der Waals surface area contributed by atoms with Crippen molar-refractivity contribution in [2.24, 2.45) is 0 Å². The second kappa shape index (κ2) is 3.32. The van der Waals surface area contributed by atoms with Gasteiger partial charge in [0.25, 0.3) is 0 Å². The number of hydrogen-bond donors (Lipinski definition) is 0. The van der Waals surface area contributed by atoms with Crippen LogP contribution >= 0.6 is 0 Å². The van der Waals surface area contributed by atoms with Gasteiger partial charge in [0, 0.05) is 38.8 Å². The number of nitrogens with zero attached hydrogens (tertiary/aromatic N) is 2. The molecule has 3 rings (SSSR count). The zero-order chi connectivity index (χ0) is 8.55. The SMILES string of the molecule is CCOC1CN2CCN1CC2C. The summed E-state index contributed by atoms with van der Waals surface area (Å²) in [5, 5.41) is 0. The van der Waals surface area contributed by atoms with E-state index >= 15 is 0 Å². The van der Waals surface area contributed by atoms with Crippen molar-refractivity contribution in [3.8, 4) is 0 Å². The zero-order valence-electron chi connectivity index (χ0n) is 7.99. The quantitative estimate of drug-likeness (QED) is 0.595. The lowest BCUT2D eigenvalue weighted by Crippen LogP contribution is -2.65. The molecule has 0 spiro atoms. The Kier molecular flexibility index (Phi) is 2.35. The van der Waals surface area contributed by atoms with E-state index in [0.717, 1.165) is 19.2 Å². The molecule has 3 aliphatic heterocycles. The molecule has 0 aliphatic carbocycles.